The lowest BCUT2D eigenvalue weighted by molar-refractivity contribution is -0.133. The Kier molecular flexibility index (Phi) is 4.37. The van der Waals surface area contributed by atoms with Crippen LogP contribution in [0, 0.1) is 5.82 Å². The lowest BCUT2D eigenvalue weighted by atomic mass is 10.1. The largest absolute Gasteiger partial charge is 0.494 e. The molecule has 1 aliphatic rings. The van der Waals surface area contributed by atoms with Crippen molar-refractivity contribution in [2.45, 2.75) is 25.4 Å². The third-order valence-electron chi connectivity index (χ3n) is 3.32. The molecule has 0 bridgehead atoms. The van der Waals surface area contributed by atoms with Gasteiger partial charge in [-0.15, -0.1) is 0 Å². The second-order valence-corrected chi connectivity index (χ2v) is 4.78. The number of carbonyl (C=O) groups is 1. The molecule has 1 atom stereocenters. The number of aliphatic hydroxyl groups is 1. The van der Waals surface area contributed by atoms with Crippen molar-refractivity contribution >= 4 is 5.91 Å². The number of carbonyl (C=O) groups excluding carboxylic acids is 1. The molecular weight excluding hydrogens is 249 g/mol. The summed E-state index contributed by atoms with van der Waals surface area (Å²) < 4.78 is 18.3. The highest BCUT2D eigenvalue weighted by molar-refractivity contribution is 5.79. The van der Waals surface area contributed by atoms with Crippen LogP contribution in [0.2, 0.25) is 0 Å². The Balaban J connectivity index is 2.00. The molecule has 19 heavy (non-hydrogen) atoms. The summed E-state index contributed by atoms with van der Waals surface area (Å²) in [4.78, 5) is 13.7. The summed E-state index contributed by atoms with van der Waals surface area (Å²) in [6, 6.07) is 4.51. The van der Waals surface area contributed by atoms with E-state index in [1.165, 1.54) is 19.2 Å². The second kappa shape index (κ2) is 6.02. The highest BCUT2D eigenvalue weighted by Gasteiger charge is 2.22. The van der Waals surface area contributed by atoms with Gasteiger partial charge >= 0.3 is 0 Å². The Morgan fingerprint density at radius 2 is 2.37 bits per heavy atom. The monoisotopic (exact) mass is 267 g/mol. The van der Waals surface area contributed by atoms with Gasteiger partial charge in [0.2, 0.25) is 5.91 Å². The Labute approximate surface area is 111 Å². The van der Waals surface area contributed by atoms with Gasteiger partial charge in [-0.1, -0.05) is 6.07 Å². The number of ether oxygens (including phenoxy) is 1. The molecule has 0 aliphatic carbocycles. The molecule has 1 amide bonds. The molecule has 0 saturated carbocycles. The number of halogens is 1. The first-order valence-corrected chi connectivity index (χ1v) is 6.38. The number of rotatable bonds is 3. The third kappa shape index (κ3) is 3.44. The number of hydrogen-bond acceptors (Lipinski definition) is 3. The van der Waals surface area contributed by atoms with Crippen LogP contribution < -0.4 is 4.74 Å². The van der Waals surface area contributed by atoms with Gasteiger partial charge in [0.25, 0.3) is 0 Å². The van der Waals surface area contributed by atoms with Crippen LogP contribution in [-0.2, 0) is 11.2 Å². The molecular formula is C14H18FNO3. The third-order valence-corrected chi connectivity index (χ3v) is 3.32. The fourth-order valence-corrected chi connectivity index (χ4v) is 2.29. The maximum Gasteiger partial charge on any atom is 0.227 e. The van der Waals surface area contributed by atoms with E-state index in [1.807, 2.05) is 0 Å². The van der Waals surface area contributed by atoms with Crippen molar-refractivity contribution < 1.29 is 19.0 Å². The number of likely N-dealkylation sites (tertiary alicyclic amines) is 1. The van der Waals surface area contributed by atoms with Crippen molar-refractivity contribution in [3.63, 3.8) is 0 Å². The zero-order chi connectivity index (χ0) is 13.8. The summed E-state index contributed by atoms with van der Waals surface area (Å²) in [5, 5.41) is 9.54. The first-order chi connectivity index (χ1) is 9.10. The van der Waals surface area contributed by atoms with E-state index in [9.17, 15) is 14.3 Å². The highest BCUT2D eigenvalue weighted by Crippen LogP contribution is 2.19. The molecule has 4 nitrogen and oxygen atoms in total. The molecule has 0 radical (unpaired) electrons. The number of amides is 1. The molecule has 1 aromatic carbocycles. The Bertz CT molecular complexity index is 464. The molecule has 0 spiro atoms. The van der Waals surface area contributed by atoms with Crippen molar-refractivity contribution in [3.05, 3.63) is 29.6 Å². The van der Waals surface area contributed by atoms with Crippen LogP contribution in [0.25, 0.3) is 0 Å². The van der Waals surface area contributed by atoms with Crippen LogP contribution in [0.4, 0.5) is 4.39 Å². The number of methoxy groups -OCH3 is 1. The average Bonchev–Trinajstić information content (AvgIpc) is 2.39. The predicted molar refractivity (Wildman–Crippen MR) is 68.5 cm³/mol. The first kappa shape index (κ1) is 13.8. The van der Waals surface area contributed by atoms with Crippen molar-refractivity contribution in [3.8, 4) is 5.75 Å². The lowest BCUT2D eigenvalue weighted by Gasteiger charge is -2.30. The fourth-order valence-electron chi connectivity index (χ4n) is 2.29. The van der Waals surface area contributed by atoms with E-state index in [0.717, 1.165) is 12.8 Å². The minimum Gasteiger partial charge on any atom is -0.494 e. The van der Waals surface area contributed by atoms with E-state index in [2.05, 4.69) is 0 Å². The van der Waals surface area contributed by atoms with Gasteiger partial charge in [-0.2, -0.15) is 0 Å². The second-order valence-electron chi connectivity index (χ2n) is 4.78. The predicted octanol–water partition coefficient (Wildman–Crippen LogP) is 1.36. The molecule has 104 valence electrons. The maximum absolute atomic E-state index is 13.5. The molecule has 1 unspecified atom stereocenters. The van der Waals surface area contributed by atoms with Crippen LogP contribution in [0.15, 0.2) is 18.2 Å². The minimum atomic E-state index is -0.466. The summed E-state index contributed by atoms with van der Waals surface area (Å²) in [6.45, 7) is 1.03. The van der Waals surface area contributed by atoms with E-state index < -0.39 is 11.9 Å². The smallest absolute Gasteiger partial charge is 0.227 e. The molecule has 1 fully saturated rings. The Morgan fingerprint density at radius 1 is 1.58 bits per heavy atom. The summed E-state index contributed by atoms with van der Waals surface area (Å²) in [7, 11) is 1.40. The van der Waals surface area contributed by atoms with Gasteiger partial charge in [-0.25, -0.2) is 4.39 Å². The standard InChI is InChI=1S/C14H18FNO3/c1-19-13-5-4-10(7-12(13)15)8-14(18)16-6-2-3-11(17)9-16/h4-5,7,11,17H,2-3,6,8-9H2,1H3. The van der Waals surface area contributed by atoms with Crippen molar-refractivity contribution in [2.24, 2.45) is 0 Å². The van der Waals surface area contributed by atoms with Gasteiger partial charge < -0.3 is 14.7 Å². The molecule has 2 rings (SSSR count). The van der Waals surface area contributed by atoms with Crippen LogP contribution in [0.3, 0.4) is 0 Å². The summed E-state index contributed by atoms with van der Waals surface area (Å²) >= 11 is 0. The quantitative estimate of drug-likeness (QED) is 0.899. The van der Waals surface area contributed by atoms with Crippen LogP contribution >= 0.6 is 0 Å². The van der Waals surface area contributed by atoms with Crippen molar-refractivity contribution in [2.75, 3.05) is 20.2 Å². The molecule has 5 heteroatoms. The number of benzene rings is 1. The zero-order valence-corrected chi connectivity index (χ0v) is 10.9. The summed E-state index contributed by atoms with van der Waals surface area (Å²) in [5.74, 6) is -0.376. The SMILES string of the molecule is COc1ccc(CC(=O)N2CCCC(O)C2)cc1F. The number of aliphatic hydroxyl groups excluding tert-OH is 1. The first-order valence-electron chi connectivity index (χ1n) is 6.38. The molecule has 1 aliphatic heterocycles. The summed E-state index contributed by atoms with van der Waals surface area (Å²) in [6.07, 6.45) is 1.25. The van der Waals surface area contributed by atoms with Gasteiger partial charge in [0.15, 0.2) is 11.6 Å². The van der Waals surface area contributed by atoms with Gasteiger partial charge in [-0.3, -0.25) is 4.79 Å². The van der Waals surface area contributed by atoms with E-state index in [4.69, 9.17) is 4.74 Å². The van der Waals surface area contributed by atoms with Gasteiger partial charge in [0.05, 0.1) is 19.6 Å². The van der Waals surface area contributed by atoms with Gasteiger partial charge in [0, 0.05) is 13.1 Å². The van der Waals surface area contributed by atoms with Crippen LogP contribution in [0.1, 0.15) is 18.4 Å². The molecule has 1 aromatic rings. The van der Waals surface area contributed by atoms with E-state index in [-0.39, 0.29) is 18.1 Å². The molecule has 0 aromatic heterocycles. The Morgan fingerprint density at radius 3 is 3.00 bits per heavy atom. The van der Waals surface area contributed by atoms with Crippen molar-refractivity contribution in [1.29, 1.82) is 0 Å². The van der Waals surface area contributed by atoms with E-state index in [0.29, 0.717) is 18.7 Å². The molecule has 1 N–H and O–H groups in total. The average molecular weight is 267 g/mol. The number of nitrogens with zero attached hydrogens (tertiary/aromatic N) is 1. The van der Waals surface area contributed by atoms with Crippen LogP contribution in [0.5, 0.6) is 5.75 Å². The van der Waals surface area contributed by atoms with Crippen molar-refractivity contribution in [1.82, 2.24) is 4.90 Å². The highest BCUT2D eigenvalue weighted by atomic mass is 19.1. The number of piperidine rings is 1. The van der Waals surface area contributed by atoms with E-state index >= 15 is 0 Å². The lowest BCUT2D eigenvalue weighted by Crippen LogP contribution is -2.42. The maximum atomic E-state index is 13.5. The number of hydrogen-bond donors (Lipinski definition) is 1. The van der Waals surface area contributed by atoms with Gasteiger partial charge in [-0.05, 0) is 30.5 Å². The normalized spacial score (nSPS) is 19.3. The molecule has 1 saturated heterocycles. The summed E-state index contributed by atoms with van der Waals surface area (Å²) in [5.41, 5.74) is 0.614. The fraction of sp³-hybridized carbons (Fsp3) is 0.500. The topological polar surface area (TPSA) is 49.8 Å². The molecule has 1 heterocycles. The minimum absolute atomic E-state index is 0.0803. The van der Waals surface area contributed by atoms with Crippen LogP contribution in [-0.4, -0.2) is 42.2 Å². The van der Waals surface area contributed by atoms with Gasteiger partial charge in [0.1, 0.15) is 0 Å². The van der Waals surface area contributed by atoms with E-state index in [1.54, 1.807) is 11.0 Å². The zero-order valence-electron chi connectivity index (χ0n) is 10.9. The number of β-amino-alcohol motifs (C(OH)–C–C–N with tert-alkyl or cyclic N) is 1. The Hall–Kier alpha value is -1.62.